The number of amides is 2. The lowest BCUT2D eigenvalue weighted by Gasteiger charge is -2.08. The minimum Gasteiger partial charge on any atom is -0.347 e. The molecule has 0 aromatic heterocycles. The molecule has 0 saturated heterocycles. The SMILES string of the molecule is C/C=C\NC(=NC)c1ccc(NC(=O)NCC)cc1. The summed E-state index contributed by atoms with van der Waals surface area (Å²) < 4.78 is 0. The van der Waals surface area contributed by atoms with Gasteiger partial charge in [-0.2, -0.15) is 0 Å². The summed E-state index contributed by atoms with van der Waals surface area (Å²) in [5, 5.41) is 8.51. The van der Waals surface area contributed by atoms with Gasteiger partial charge in [0.25, 0.3) is 0 Å². The maximum absolute atomic E-state index is 11.4. The van der Waals surface area contributed by atoms with Gasteiger partial charge in [-0.3, -0.25) is 4.99 Å². The van der Waals surface area contributed by atoms with Crippen LogP contribution in [0.1, 0.15) is 19.4 Å². The van der Waals surface area contributed by atoms with Crippen molar-refractivity contribution in [1.29, 1.82) is 0 Å². The van der Waals surface area contributed by atoms with E-state index in [1.54, 1.807) is 7.05 Å². The second-order valence-corrected chi connectivity index (χ2v) is 3.78. The lowest BCUT2D eigenvalue weighted by Crippen LogP contribution is -2.28. The van der Waals surface area contributed by atoms with Gasteiger partial charge in [0, 0.05) is 24.8 Å². The molecule has 0 aliphatic heterocycles. The van der Waals surface area contributed by atoms with Gasteiger partial charge in [-0.25, -0.2) is 4.79 Å². The number of allylic oxidation sites excluding steroid dienone is 1. The van der Waals surface area contributed by atoms with Crippen LogP contribution in [0.2, 0.25) is 0 Å². The van der Waals surface area contributed by atoms with E-state index in [1.165, 1.54) is 0 Å². The Balaban J connectivity index is 2.72. The molecule has 1 aromatic carbocycles. The number of aliphatic imine (C=N–C) groups is 1. The van der Waals surface area contributed by atoms with Crippen LogP contribution < -0.4 is 16.0 Å². The van der Waals surface area contributed by atoms with Crippen LogP contribution in [0.5, 0.6) is 0 Å². The van der Waals surface area contributed by atoms with Gasteiger partial charge in [-0.05, 0) is 44.3 Å². The van der Waals surface area contributed by atoms with Crippen LogP contribution in [-0.2, 0) is 0 Å². The normalized spacial score (nSPS) is 11.4. The van der Waals surface area contributed by atoms with E-state index in [9.17, 15) is 4.79 Å². The first kappa shape index (κ1) is 14.8. The van der Waals surface area contributed by atoms with Crippen molar-refractivity contribution in [2.24, 2.45) is 4.99 Å². The number of carbonyl (C=O) groups excluding carboxylic acids is 1. The summed E-state index contributed by atoms with van der Waals surface area (Å²) >= 11 is 0. The molecule has 0 bridgehead atoms. The number of benzene rings is 1. The average molecular weight is 260 g/mol. The molecule has 5 heteroatoms. The highest BCUT2D eigenvalue weighted by Crippen LogP contribution is 2.09. The van der Waals surface area contributed by atoms with Crippen LogP contribution in [0.25, 0.3) is 0 Å². The van der Waals surface area contributed by atoms with Crippen molar-refractivity contribution in [3.05, 3.63) is 42.1 Å². The van der Waals surface area contributed by atoms with E-state index >= 15 is 0 Å². The molecule has 0 spiro atoms. The van der Waals surface area contributed by atoms with Gasteiger partial charge in [0.2, 0.25) is 0 Å². The van der Waals surface area contributed by atoms with E-state index in [1.807, 2.05) is 50.4 Å². The molecule has 2 amide bonds. The molecule has 0 heterocycles. The van der Waals surface area contributed by atoms with Crippen LogP contribution in [0.4, 0.5) is 10.5 Å². The van der Waals surface area contributed by atoms with Gasteiger partial charge in [-0.15, -0.1) is 0 Å². The minimum absolute atomic E-state index is 0.202. The first-order chi connectivity index (χ1) is 9.21. The zero-order chi connectivity index (χ0) is 14.1. The number of hydrogen-bond donors (Lipinski definition) is 3. The smallest absolute Gasteiger partial charge is 0.319 e. The van der Waals surface area contributed by atoms with Gasteiger partial charge in [0.15, 0.2) is 0 Å². The van der Waals surface area contributed by atoms with Crippen molar-refractivity contribution in [2.75, 3.05) is 18.9 Å². The number of rotatable bonds is 4. The fourth-order valence-corrected chi connectivity index (χ4v) is 1.49. The minimum atomic E-state index is -0.202. The first-order valence-corrected chi connectivity index (χ1v) is 6.21. The number of urea groups is 1. The molecular weight excluding hydrogens is 240 g/mol. The Morgan fingerprint density at radius 2 is 2.00 bits per heavy atom. The second kappa shape index (κ2) is 7.92. The molecule has 5 nitrogen and oxygen atoms in total. The molecule has 0 radical (unpaired) electrons. The molecule has 1 aromatic rings. The van der Waals surface area contributed by atoms with E-state index in [0.29, 0.717) is 6.54 Å². The van der Waals surface area contributed by atoms with Crippen molar-refractivity contribution in [2.45, 2.75) is 13.8 Å². The maximum atomic E-state index is 11.4. The van der Waals surface area contributed by atoms with Crippen LogP contribution in [0, 0.1) is 0 Å². The monoisotopic (exact) mass is 260 g/mol. The molecule has 0 fully saturated rings. The number of amidine groups is 1. The summed E-state index contributed by atoms with van der Waals surface area (Å²) in [5.74, 6) is 0.780. The quantitative estimate of drug-likeness (QED) is 0.574. The lowest BCUT2D eigenvalue weighted by molar-refractivity contribution is 0.252. The first-order valence-electron chi connectivity index (χ1n) is 6.21. The third-order valence-corrected chi connectivity index (χ3v) is 2.36. The molecule has 0 aliphatic rings. The molecule has 1 rings (SSSR count). The zero-order valence-corrected chi connectivity index (χ0v) is 11.5. The van der Waals surface area contributed by atoms with Crippen molar-refractivity contribution >= 4 is 17.6 Å². The fourth-order valence-electron chi connectivity index (χ4n) is 1.49. The van der Waals surface area contributed by atoms with E-state index < -0.39 is 0 Å². The van der Waals surface area contributed by atoms with E-state index in [4.69, 9.17) is 0 Å². The Hall–Kier alpha value is -2.30. The van der Waals surface area contributed by atoms with Gasteiger partial charge in [0.05, 0.1) is 0 Å². The number of hydrogen-bond acceptors (Lipinski definition) is 2. The Labute approximate surface area is 113 Å². The topological polar surface area (TPSA) is 65.5 Å². The van der Waals surface area contributed by atoms with Gasteiger partial charge >= 0.3 is 6.03 Å². The largest absolute Gasteiger partial charge is 0.347 e. The molecule has 0 saturated carbocycles. The molecule has 0 atom stereocenters. The third-order valence-electron chi connectivity index (χ3n) is 2.36. The van der Waals surface area contributed by atoms with Gasteiger partial charge in [-0.1, -0.05) is 6.08 Å². The Morgan fingerprint density at radius 1 is 1.32 bits per heavy atom. The summed E-state index contributed by atoms with van der Waals surface area (Å²) in [4.78, 5) is 15.5. The Morgan fingerprint density at radius 3 is 2.53 bits per heavy atom. The summed E-state index contributed by atoms with van der Waals surface area (Å²) in [6.07, 6.45) is 3.72. The fraction of sp³-hybridized carbons (Fsp3) is 0.286. The Kier molecular flexibility index (Phi) is 6.15. The summed E-state index contributed by atoms with van der Waals surface area (Å²) in [5.41, 5.74) is 1.71. The van der Waals surface area contributed by atoms with Crippen LogP contribution in [0.15, 0.2) is 41.5 Å². The predicted octanol–water partition coefficient (Wildman–Crippen LogP) is 2.33. The molecule has 3 N–H and O–H groups in total. The molecule has 0 unspecified atom stereocenters. The van der Waals surface area contributed by atoms with Crippen molar-refractivity contribution < 1.29 is 4.79 Å². The predicted molar refractivity (Wildman–Crippen MR) is 79.5 cm³/mol. The van der Waals surface area contributed by atoms with E-state index in [0.717, 1.165) is 17.1 Å². The summed E-state index contributed by atoms with van der Waals surface area (Å²) in [6, 6.07) is 7.28. The van der Waals surface area contributed by atoms with Crippen LogP contribution in [-0.4, -0.2) is 25.5 Å². The van der Waals surface area contributed by atoms with Crippen LogP contribution >= 0.6 is 0 Å². The average Bonchev–Trinajstić information content (AvgIpc) is 2.41. The number of anilines is 1. The van der Waals surface area contributed by atoms with Crippen molar-refractivity contribution in [3.8, 4) is 0 Å². The van der Waals surface area contributed by atoms with Gasteiger partial charge < -0.3 is 16.0 Å². The van der Waals surface area contributed by atoms with Gasteiger partial charge in [0.1, 0.15) is 5.84 Å². The highest BCUT2D eigenvalue weighted by Gasteiger charge is 2.02. The van der Waals surface area contributed by atoms with Crippen molar-refractivity contribution in [1.82, 2.24) is 10.6 Å². The summed E-state index contributed by atoms with van der Waals surface area (Å²) in [6.45, 7) is 4.41. The lowest BCUT2D eigenvalue weighted by atomic mass is 10.2. The highest BCUT2D eigenvalue weighted by molar-refractivity contribution is 6.00. The summed E-state index contributed by atoms with van der Waals surface area (Å²) in [7, 11) is 1.73. The zero-order valence-electron chi connectivity index (χ0n) is 11.5. The van der Waals surface area contributed by atoms with Crippen molar-refractivity contribution in [3.63, 3.8) is 0 Å². The van der Waals surface area contributed by atoms with Crippen LogP contribution in [0.3, 0.4) is 0 Å². The Bertz CT molecular complexity index is 463. The molecule has 19 heavy (non-hydrogen) atoms. The molecule has 0 aliphatic carbocycles. The highest BCUT2D eigenvalue weighted by atomic mass is 16.2. The number of nitrogens with one attached hydrogen (secondary N) is 3. The number of nitrogens with zero attached hydrogens (tertiary/aromatic N) is 1. The third kappa shape index (κ3) is 4.83. The van der Waals surface area contributed by atoms with E-state index in [2.05, 4.69) is 20.9 Å². The molecular formula is C14H20N4O. The standard InChI is InChI=1S/C14H20N4O/c1-4-10-17-13(15-3)11-6-8-12(9-7-11)18-14(19)16-5-2/h4,6-10H,5H2,1-3H3,(H,15,17)(H2,16,18,19)/b10-4-. The number of carbonyl (C=O) groups is 1. The second-order valence-electron chi connectivity index (χ2n) is 3.78. The maximum Gasteiger partial charge on any atom is 0.319 e. The molecule has 102 valence electrons. The van der Waals surface area contributed by atoms with E-state index in [-0.39, 0.29) is 6.03 Å².